The van der Waals surface area contributed by atoms with Crippen molar-refractivity contribution in [3.8, 4) is 0 Å². The highest BCUT2D eigenvalue weighted by Gasteiger charge is 2.36. The molecule has 0 rings (SSSR count). The molecular formula is C65H132N22O12S2. The minimum atomic E-state index is -1.31. The molecule has 35 N–H and O–H groups in total. The number of unbranched alkanes of at least 4 members (excludes halogenated alkanes) is 10. The number of carbonyl (C=O) groups excluding carboxylic acids is 11. The van der Waals surface area contributed by atoms with Gasteiger partial charge in [-0.3, -0.25) is 52.7 Å². The molecule has 0 fully saturated rings. The highest BCUT2D eigenvalue weighted by atomic mass is 33.1. The molecule has 0 radical (unpaired) electrons. The van der Waals surface area contributed by atoms with Crippen molar-refractivity contribution in [1.29, 1.82) is 0 Å². The largest absolute Gasteiger partial charge is 0.395 e. The Morgan fingerprint density at radius 1 is 0.248 bits per heavy atom. The van der Waals surface area contributed by atoms with Crippen LogP contribution in [0.5, 0.6) is 0 Å². The van der Waals surface area contributed by atoms with E-state index < -0.39 is 131 Å². The number of aliphatic hydroxyl groups excluding tert-OH is 1. The monoisotopic (exact) mass is 1480 g/mol. The van der Waals surface area contributed by atoms with E-state index in [0.717, 1.165) is 0 Å². The average molecular weight is 1480 g/mol. The van der Waals surface area contributed by atoms with E-state index in [1.54, 1.807) is 0 Å². The highest BCUT2D eigenvalue weighted by Crippen LogP contribution is 2.21. The number of aliphatic hydroxyl groups is 1. The first-order chi connectivity index (χ1) is 48.6. The number of amides is 11. The maximum absolute atomic E-state index is 14.7. The molecule has 11 atom stereocenters. The molecule has 586 valence electrons. The molecule has 0 aromatic heterocycles. The van der Waals surface area contributed by atoms with Gasteiger partial charge in [-0.25, -0.2) is 0 Å². The molecule has 0 aliphatic carbocycles. The topological polar surface area (TPSA) is 641 Å². The van der Waals surface area contributed by atoms with Gasteiger partial charge >= 0.3 is 0 Å². The lowest BCUT2D eigenvalue weighted by Crippen LogP contribution is -2.60. The van der Waals surface area contributed by atoms with Crippen molar-refractivity contribution in [2.45, 2.75) is 259 Å². The first kappa shape index (κ1) is 95.4. The molecule has 0 heterocycles. The van der Waals surface area contributed by atoms with Gasteiger partial charge in [0.15, 0.2) is 0 Å². The lowest BCUT2D eigenvalue weighted by molar-refractivity contribution is -0.136. The van der Waals surface area contributed by atoms with Crippen LogP contribution in [0.3, 0.4) is 0 Å². The molecule has 0 saturated carbocycles. The summed E-state index contributed by atoms with van der Waals surface area (Å²) in [6.07, 6.45) is 9.72. The van der Waals surface area contributed by atoms with Gasteiger partial charge in [0.1, 0.15) is 60.4 Å². The molecule has 0 aromatic carbocycles. The van der Waals surface area contributed by atoms with Crippen LogP contribution in [-0.2, 0) is 52.7 Å². The third-order valence-electron chi connectivity index (χ3n) is 16.7. The van der Waals surface area contributed by atoms with Crippen molar-refractivity contribution in [3.63, 3.8) is 0 Å². The zero-order valence-corrected chi connectivity index (χ0v) is 61.6. The maximum Gasteiger partial charge on any atom is 0.243 e. The number of primary amides is 1. The minimum absolute atomic E-state index is 0.0339. The smallest absolute Gasteiger partial charge is 0.243 e. The van der Waals surface area contributed by atoms with E-state index in [-0.39, 0.29) is 122 Å². The first-order valence-electron chi connectivity index (χ1n) is 36.6. The van der Waals surface area contributed by atoms with E-state index >= 15 is 0 Å². The van der Waals surface area contributed by atoms with Crippen molar-refractivity contribution < 1.29 is 57.8 Å². The number of hydrogen-bond acceptors (Lipinski definition) is 25. The molecule has 0 aromatic rings. The van der Waals surface area contributed by atoms with Gasteiger partial charge in [-0.1, -0.05) is 21.6 Å². The van der Waals surface area contributed by atoms with Gasteiger partial charge in [-0.15, -0.1) is 0 Å². The summed E-state index contributed by atoms with van der Waals surface area (Å²) in [5.74, 6) is -7.32. The lowest BCUT2D eigenvalue weighted by Gasteiger charge is -2.29. The Morgan fingerprint density at radius 3 is 0.564 bits per heavy atom. The Hall–Kier alpha value is -5.61. The molecular weight excluding hydrogens is 1340 g/mol. The van der Waals surface area contributed by atoms with Crippen LogP contribution < -0.4 is 122 Å². The molecule has 36 heteroatoms. The van der Waals surface area contributed by atoms with Crippen molar-refractivity contribution in [2.75, 3.05) is 83.6 Å². The van der Waals surface area contributed by atoms with Crippen LogP contribution in [0.4, 0.5) is 0 Å². The third kappa shape index (κ3) is 44.6. The summed E-state index contributed by atoms with van der Waals surface area (Å²) in [5, 5.41) is 36.9. The number of rotatable bonds is 66. The SMILES string of the molecule is NCCCCC(NC(=O)C(CCCCN)NC(=O)C(CCCCN)NC(=O)C(CCCCN)NC(=O)C(CCCCN)NC(=O)C(CCCCN)NC(=O)C(CCCCN)NC(=O)C(CCCCN)NC(=O)C(CCCCN)NC(=O)C(CCCCN)NC(=O)C(N)CSSCCO)C(N)=O. The predicted octanol–water partition coefficient (Wildman–Crippen LogP) is -4.69. The summed E-state index contributed by atoms with van der Waals surface area (Å²) in [6, 6.07) is -13.2. The second kappa shape index (κ2) is 61.8. The average Bonchev–Trinajstić information content (AvgIpc) is 0.871. The fourth-order valence-electron chi connectivity index (χ4n) is 10.7. The molecule has 11 amide bonds. The van der Waals surface area contributed by atoms with Crippen molar-refractivity contribution in [2.24, 2.45) is 68.8 Å². The summed E-state index contributed by atoms with van der Waals surface area (Å²) < 4.78 is 0. The van der Waals surface area contributed by atoms with Gasteiger partial charge in [0, 0.05) is 11.5 Å². The summed E-state index contributed by atoms with van der Waals surface area (Å²) in [6.45, 7) is 2.77. The van der Waals surface area contributed by atoms with Crippen LogP contribution in [-0.4, -0.2) is 220 Å². The van der Waals surface area contributed by atoms with Gasteiger partial charge in [0.25, 0.3) is 0 Å². The summed E-state index contributed by atoms with van der Waals surface area (Å²) >= 11 is 0. The van der Waals surface area contributed by atoms with Gasteiger partial charge in [0.05, 0.1) is 12.6 Å². The van der Waals surface area contributed by atoms with E-state index in [1.807, 2.05) is 0 Å². The molecule has 34 nitrogen and oxygen atoms in total. The van der Waals surface area contributed by atoms with Crippen molar-refractivity contribution >= 4 is 86.6 Å². The summed E-state index contributed by atoms with van der Waals surface area (Å²) in [7, 11) is 2.64. The van der Waals surface area contributed by atoms with Crippen LogP contribution in [0.15, 0.2) is 0 Å². The zero-order chi connectivity index (χ0) is 75.6. The second-order valence-corrected chi connectivity index (χ2v) is 27.9. The maximum atomic E-state index is 14.7. The minimum Gasteiger partial charge on any atom is -0.395 e. The van der Waals surface area contributed by atoms with Gasteiger partial charge in [-0.2, -0.15) is 0 Å². The third-order valence-corrected chi connectivity index (χ3v) is 19.1. The van der Waals surface area contributed by atoms with E-state index in [2.05, 4.69) is 53.2 Å². The molecule has 101 heavy (non-hydrogen) atoms. The molecule has 0 bridgehead atoms. The summed E-state index contributed by atoms with van der Waals surface area (Å²) in [5.41, 5.74) is 70.1. The second-order valence-electron chi connectivity index (χ2n) is 25.3. The first-order valence-corrected chi connectivity index (χ1v) is 39.1. The van der Waals surface area contributed by atoms with Crippen LogP contribution in [0, 0.1) is 0 Å². The number of hydrogen-bond donors (Lipinski definition) is 23. The Morgan fingerprint density at radius 2 is 0.406 bits per heavy atom. The lowest BCUT2D eigenvalue weighted by atomic mass is 10.0. The van der Waals surface area contributed by atoms with Crippen molar-refractivity contribution in [3.05, 3.63) is 0 Å². The van der Waals surface area contributed by atoms with E-state index in [9.17, 15) is 52.7 Å². The normalized spacial score (nSPS) is 14.6. The molecule has 11 unspecified atom stereocenters. The Labute approximate surface area is 606 Å². The zero-order valence-electron chi connectivity index (χ0n) is 59.9. The fourth-order valence-corrected chi connectivity index (χ4v) is 12.5. The van der Waals surface area contributed by atoms with Gasteiger partial charge in [0.2, 0.25) is 65.0 Å². The van der Waals surface area contributed by atoms with Crippen molar-refractivity contribution in [1.82, 2.24) is 53.2 Å². The number of carbonyl (C=O) groups is 11. The van der Waals surface area contributed by atoms with Crippen LogP contribution in [0.2, 0.25) is 0 Å². The fraction of sp³-hybridized carbons (Fsp3) is 0.831. The molecule has 0 saturated heterocycles. The van der Waals surface area contributed by atoms with Crippen LogP contribution in [0.1, 0.15) is 193 Å². The quantitative estimate of drug-likeness (QED) is 0.0201. The predicted molar refractivity (Wildman–Crippen MR) is 398 cm³/mol. The van der Waals surface area contributed by atoms with E-state index in [1.165, 1.54) is 21.6 Å². The van der Waals surface area contributed by atoms with Gasteiger partial charge < -0.3 is 127 Å². The van der Waals surface area contributed by atoms with Crippen LogP contribution >= 0.6 is 21.6 Å². The standard InChI is InChI=1S/C65H132N22O12S2/c66-31-11-1-21-45(55(77)89)78-57(91)47(23-3-13-33-68)80-59(93)49(25-5-15-35-70)82-61(95)51(27-7-17-37-72)84-63(97)53(29-9-19-39-74)86-65(99)54(30-10-20-40-75)87-64(98)52(28-8-18-38-73)85-62(96)50(26-6-16-36-71)83-60(94)48(24-4-14-34-69)81-58(92)46(22-2-12-32-67)79-56(90)44(76)43-101-100-42-41-88/h44-54,88H,1-43,66-76H2,(H2,77,89)(H,78,91)(H,79,90)(H,80,93)(H,81,92)(H,82,95)(H,83,94)(H,84,97)(H,85,96)(H,86,99)(H,87,98). The summed E-state index contributed by atoms with van der Waals surface area (Å²) in [4.78, 5) is 156. The van der Waals surface area contributed by atoms with Crippen LogP contribution in [0.25, 0.3) is 0 Å². The number of nitrogens with two attached hydrogens (primary N) is 12. The number of nitrogens with one attached hydrogen (secondary N) is 10. The molecule has 0 aliphatic rings. The highest BCUT2D eigenvalue weighted by molar-refractivity contribution is 8.76. The van der Waals surface area contributed by atoms with E-state index in [4.69, 9.17) is 73.9 Å². The molecule has 0 spiro atoms. The Bertz CT molecular complexity index is 2330. The van der Waals surface area contributed by atoms with Gasteiger partial charge in [-0.05, 0) is 258 Å². The molecule has 0 aliphatic heterocycles. The van der Waals surface area contributed by atoms with E-state index in [0.29, 0.717) is 154 Å². The Balaban J connectivity index is 7.26. The Kier molecular flexibility index (Phi) is 58.4.